The first-order chi connectivity index (χ1) is 11.6. The molecule has 0 bridgehead atoms. The monoisotopic (exact) mass is 328 g/mol. The van der Waals surface area contributed by atoms with Gasteiger partial charge in [0.1, 0.15) is 6.04 Å². The van der Waals surface area contributed by atoms with E-state index in [2.05, 4.69) is 10.6 Å². The summed E-state index contributed by atoms with van der Waals surface area (Å²) in [6, 6.07) is 14.6. The SMILES string of the molecule is CCOc1ccc(N[C@H](C)C(=O)Nc2ccccc2)cc1OCC. The molecular formula is C19H24N2O3. The molecule has 0 aliphatic rings. The number of benzene rings is 2. The first-order valence-corrected chi connectivity index (χ1v) is 8.16. The zero-order valence-corrected chi connectivity index (χ0v) is 14.3. The maximum atomic E-state index is 12.3. The summed E-state index contributed by atoms with van der Waals surface area (Å²) < 4.78 is 11.1. The molecule has 2 N–H and O–H groups in total. The Bertz CT molecular complexity index is 659. The van der Waals surface area contributed by atoms with Gasteiger partial charge >= 0.3 is 0 Å². The number of hydrogen-bond acceptors (Lipinski definition) is 4. The molecule has 1 amide bonds. The fraction of sp³-hybridized carbons (Fsp3) is 0.316. The van der Waals surface area contributed by atoms with Gasteiger partial charge in [-0.15, -0.1) is 0 Å². The van der Waals surface area contributed by atoms with Gasteiger partial charge in [-0.3, -0.25) is 4.79 Å². The Labute approximate surface area is 143 Å². The third-order valence-electron chi connectivity index (χ3n) is 3.36. The fourth-order valence-electron chi connectivity index (χ4n) is 2.23. The van der Waals surface area contributed by atoms with E-state index in [1.54, 1.807) is 0 Å². The molecule has 2 rings (SSSR count). The van der Waals surface area contributed by atoms with Gasteiger partial charge in [-0.05, 0) is 45.0 Å². The van der Waals surface area contributed by atoms with Gasteiger partial charge in [0.15, 0.2) is 11.5 Å². The van der Waals surface area contributed by atoms with Crippen LogP contribution < -0.4 is 20.1 Å². The Morgan fingerprint density at radius 1 is 0.958 bits per heavy atom. The smallest absolute Gasteiger partial charge is 0.246 e. The minimum absolute atomic E-state index is 0.104. The number of carbonyl (C=O) groups is 1. The second-order valence-corrected chi connectivity index (χ2v) is 5.25. The minimum atomic E-state index is -0.391. The van der Waals surface area contributed by atoms with E-state index in [9.17, 15) is 4.79 Å². The van der Waals surface area contributed by atoms with Crippen molar-refractivity contribution in [3.63, 3.8) is 0 Å². The van der Waals surface area contributed by atoms with E-state index in [4.69, 9.17) is 9.47 Å². The number of hydrogen-bond donors (Lipinski definition) is 2. The van der Waals surface area contributed by atoms with E-state index in [0.29, 0.717) is 24.7 Å². The predicted molar refractivity (Wildman–Crippen MR) is 96.9 cm³/mol. The van der Waals surface area contributed by atoms with Gasteiger partial charge in [0.2, 0.25) is 5.91 Å². The van der Waals surface area contributed by atoms with Gasteiger partial charge < -0.3 is 20.1 Å². The topological polar surface area (TPSA) is 59.6 Å². The van der Waals surface area contributed by atoms with Gasteiger partial charge in [-0.25, -0.2) is 0 Å². The molecule has 2 aromatic carbocycles. The predicted octanol–water partition coefficient (Wildman–Crippen LogP) is 3.92. The first-order valence-electron chi connectivity index (χ1n) is 8.16. The van der Waals surface area contributed by atoms with E-state index in [0.717, 1.165) is 11.4 Å². The van der Waals surface area contributed by atoms with Crippen LogP contribution in [0.2, 0.25) is 0 Å². The van der Waals surface area contributed by atoms with Crippen LogP contribution in [0.3, 0.4) is 0 Å². The number of anilines is 2. The number of ether oxygens (including phenoxy) is 2. The maximum absolute atomic E-state index is 12.3. The van der Waals surface area contributed by atoms with Crippen LogP contribution in [0.4, 0.5) is 11.4 Å². The lowest BCUT2D eigenvalue weighted by molar-refractivity contribution is -0.116. The van der Waals surface area contributed by atoms with Gasteiger partial charge in [0.05, 0.1) is 13.2 Å². The van der Waals surface area contributed by atoms with Crippen LogP contribution in [-0.4, -0.2) is 25.2 Å². The molecule has 0 heterocycles. The molecule has 0 saturated carbocycles. The van der Waals surface area contributed by atoms with Crippen molar-refractivity contribution in [1.29, 1.82) is 0 Å². The Hall–Kier alpha value is -2.69. The normalized spacial score (nSPS) is 11.5. The van der Waals surface area contributed by atoms with Crippen molar-refractivity contribution in [2.24, 2.45) is 0 Å². The third-order valence-corrected chi connectivity index (χ3v) is 3.36. The number of amides is 1. The number of rotatable bonds is 8. The van der Waals surface area contributed by atoms with Gasteiger partial charge in [0, 0.05) is 17.4 Å². The Balaban J connectivity index is 2.03. The molecule has 0 unspecified atom stereocenters. The fourth-order valence-corrected chi connectivity index (χ4v) is 2.23. The highest BCUT2D eigenvalue weighted by Gasteiger charge is 2.14. The van der Waals surface area contributed by atoms with Crippen molar-refractivity contribution < 1.29 is 14.3 Å². The molecule has 0 aromatic heterocycles. The lowest BCUT2D eigenvalue weighted by Crippen LogP contribution is -2.31. The van der Waals surface area contributed by atoms with Crippen molar-refractivity contribution >= 4 is 17.3 Å². The first kappa shape index (κ1) is 17.7. The van der Waals surface area contributed by atoms with E-state index in [1.807, 2.05) is 69.3 Å². The molecule has 5 heteroatoms. The molecule has 1 atom stereocenters. The molecule has 2 aromatic rings. The highest BCUT2D eigenvalue weighted by molar-refractivity contribution is 5.96. The third kappa shape index (κ3) is 4.91. The van der Waals surface area contributed by atoms with E-state index >= 15 is 0 Å². The standard InChI is InChI=1S/C19H24N2O3/c1-4-23-17-12-11-16(13-18(17)24-5-2)20-14(3)19(22)21-15-9-7-6-8-10-15/h6-14,20H,4-5H2,1-3H3,(H,21,22)/t14-/m1/s1. The molecule has 128 valence electrons. The van der Waals surface area contributed by atoms with Gasteiger partial charge in [0.25, 0.3) is 0 Å². The highest BCUT2D eigenvalue weighted by Crippen LogP contribution is 2.30. The van der Waals surface area contributed by atoms with Gasteiger partial charge in [-0.1, -0.05) is 18.2 Å². The van der Waals surface area contributed by atoms with Crippen molar-refractivity contribution in [3.05, 3.63) is 48.5 Å². The van der Waals surface area contributed by atoms with Crippen LogP contribution in [0.5, 0.6) is 11.5 Å². The molecular weight excluding hydrogens is 304 g/mol. The quantitative estimate of drug-likeness (QED) is 0.771. The van der Waals surface area contributed by atoms with Crippen LogP contribution in [-0.2, 0) is 4.79 Å². The molecule has 0 fully saturated rings. The number of para-hydroxylation sites is 1. The van der Waals surface area contributed by atoms with Crippen LogP contribution in [0, 0.1) is 0 Å². The molecule has 24 heavy (non-hydrogen) atoms. The largest absolute Gasteiger partial charge is 0.490 e. The molecule has 0 spiro atoms. The summed E-state index contributed by atoms with van der Waals surface area (Å²) in [6.45, 7) is 6.79. The summed E-state index contributed by atoms with van der Waals surface area (Å²) in [4.78, 5) is 12.3. The minimum Gasteiger partial charge on any atom is -0.490 e. The van der Waals surface area contributed by atoms with Crippen LogP contribution in [0.15, 0.2) is 48.5 Å². The van der Waals surface area contributed by atoms with Crippen LogP contribution in [0.1, 0.15) is 20.8 Å². The summed E-state index contributed by atoms with van der Waals surface area (Å²) in [7, 11) is 0. The molecule has 0 aliphatic carbocycles. The zero-order valence-electron chi connectivity index (χ0n) is 14.3. The van der Waals surface area contributed by atoms with E-state index in [-0.39, 0.29) is 5.91 Å². The summed E-state index contributed by atoms with van der Waals surface area (Å²) >= 11 is 0. The Morgan fingerprint density at radius 3 is 2.29 bits per heavy atom. The summed E-state index contributed by atoms with van der Waals surface area (Å²) in [5, 5.41) is 6.06. The molecule has 5 nitrogen and oxygen atoms in total. The number of nitrogens with one attached hydrogen (secondary N) is 2. The van der Waals surface area contributed by atoms with Gasteiger partial charge in [-0.2, -0.15) is 0 Å². The molecule has 0 aliphatic heterocycles. The second-order valence-electron chi connectivity index (χ2n) is 5.25. The summed E-state index contributed by atoms with van der Waals surface area (Å²) in [6.07, 6.45) is 0. The van der Waals surface area contributed by atoms with Crippen LogP contribution >= 0.6 is 0 Å². The Kier molecular flexibility index (Phi) is 6.49. The molecule has 0 saturated heterocycles. The average Bonchev–Trinajstić information content (AvgIpc) is 2.58. The average molecular weight is 328 g/mol. The van der Waals surface area contributed by atoms with Crippen LogP contribution in [0.25, 0.3) is 0 Å². The summed E-state index contributed by atoms with van der Waals surface area (Å²) in [5.74, 6) is 1.26. The number of carbonyl (C=O) groups excluding carboxylic acids is 1. The second kappa shape index (κ2) is 8.82. The van der Waals surface area contributed by atoms with E-state index < -0.39 is 6.04 Å². The van der Waals surface area contributed by atoms with Crippen molar-refractivity contribution in [3.8, 4) is 11.5 Å². The van der Waals surface area contributed by atoms with Crippen molar-refractivity contribution in [1.82, 2.24) is 0 Å². The highest BCUT2D eigenvalue weighted by atomic mass is 16.5. The van der Waals surface area contributed by atoms with E-state index in [1.165, 1.54) is 0 Å². The maximum Gasteiger partial charge on any atom is 0.246 e. The lowest BCUT2D eigenvalue weighted by atomic mass is 10.2. The zero-order chi connectivity index (χ0) is 17.4. The lowest BCUT2D eigenvalue weighted by Gasteiger charge is -2.17. The summed E-state index contributed by atoms with van der Waals surface area (Å²) in [5.41, 5.74) is 1.58. The Morgan fingerprint density at radius 2 is 1.62 bits per heavy atom. The molecule has 0 radical (unpaired) electrons. The van der Waals surface area contributed by atoms with Crippen molar-refractivity contribution in [2.75, 3.05) is 23.8 Å². The van der Waals surface area contributed by atoms with Crippen molar-refractivity contribution in [2.45, 2.75) is 26.8 Å².